The highest BCUT2D eigenvalue weighted by atomic mass is 32.1. The SMILES string of the molecule is Fc1ccc(-c2csc(Nc3ccccc3C(F)(F)F)n2)cc1. The zero-order valence-corrected chi connectivity index (χ0v) is 12.4. The van der Waals surface area contributed by atoms with Gasteiger partial charge >= 0.3 is 6.18 Å². The van der Waals surface area contributed by atoms with Crippen LogP contribution in [0.25, 0.3) is 11.3 Å². The molecule has 0 aliphatic rings. The number of halogens is 4. The smallest absolute Gasteiger partial charge is 0.331 e. The van der Waals surface area contributed by atoms with Crippen molar-refractivity contribution in [2.45, 2.75) is 6.18 Å². The van der Waals surface area contributed by atoms with Crippen LogP contribution in [0.5, 0.6) is 0 Å². The van der Waals surface area contributed by atoms with Crippen LogP contribution in [0, 0.1) is 5.82 Å². The average Bonchev–Trinajstić information content (AvgIpc) is 2.96. The Hall–Kier alpha value is -2.41. The van der Waals surface area contributed by atoms with Crippen molar-refractivity contribution in [2.24, 2.45) is 0 Å². The van der Waals surface area contributed by atoms with Gasteiger partial charge in [0.15, 0.2) is 5.13 Å². The second-order valence-electron chi connectivity index (χ2n) is 4.71. The van der Waals surface area contributed by atoms with Crippen molar-refractivity contribution < 1.29 is 17.6 Å². The lowest BCUT2D eigenvalue weighted by molar-refractivity contribution is -0.136. The van der Waals surface area contributed by atoms with E-state index in [4.69, 9.17) is 0 Å². The van der Waals surface area contributed by atoms with Crippen molar-refractivity contribution in [1.29, 1.82) is 0 Å². The molecule has 0 fully saturated rings. The molecule has 0 saturated heterocycles. The second-order valence-corrected chi connectivity index (χ2v) is 5.57. The van der Waals surface area contributed by atoms with Crippen molar-refractivity contribution in [2.75, 3.05) is 5.32 Å². The van der Waals surface area contributed by atoms with Gasteiger partial charge in [0.05, 0.1) is 16.9 Å². The number of thiazole rings is 1. The molecule has 2 nitrogen and oxygen atoms in total. The topological polar surface area (TPSA) is 24.9 Å². The zero-order chi connectivity index (χ0) is 16.4. The summed E-state index contributed by atoms with van der Waals surface area (Å²) in [5.74, 6) is -0.360. The summed E-state index contributed by atoms with van der Waals surface area (Å²) in [4.78, 5) is 4.25. The minimum Gasteiger partial charge on any atom is -0.331 e. The van der Waals surface area contributed by atoms with Crippen molar-refractivity contribution in [1.82, 2.24) is 4.98 Å². The molecule has 2 aromatic carbocycles. The van der Waals surface area contributed by atoms with Gasteiger partial charge in [0.25, 0.3) is 0 Å². The highest BCUT2D eigenvalue weighted by Gasteiger charge is 2.33. The molecular weight excluding hydrogens is 328 g/mol. The van der Waals surface area contributed by atoms with Crippen LogP contribution in [-0.2, 0) is 6.18 Å². The molecular formula is C16H10F4N2S. The van der Waals surface area contributed by atoms with Gasteiger partial charge in [0, 0.05) is 10.9 Å². The minimum atomic E-state index is -4.44. The van der Waals surface area contributed by atoms with E-state index < -0.39 is 11.7 Å². The summed E-state index contributed by atoms with van der Waals surface area (Å²) < 4.78 is 51.8. The summed E-state index contributed by atoms with van der Waals surface area (Å²) in [5, 5.41) is 4.73. The number of hydrogen-bond acceptors (Lipinski definition) is 3. The molecule has 0 amide bonds. The van der Waals surface area contributed by atoms with Gasteiger partial charge in [0.2, 0.25) is 0 Å². The largest absolute Gasteiger partial charge is 0.418 e. The Kier molecular flexibility index (Phi) is 4.04. The Morgan fingerprint density at radius 2 is 1.65 bits per heavy atom. The number of hydrogen-bond donors (Lipinski definition) is 1. The summed E-state index contributed by atoms with van der Waals surface area (Å²) in [7, 11) is 0. The number of nitrogens with one attached hydrogen (secondary N) is 1. The molecule has 0 aliphatic carbocycles. The van der Waals surface area contributed by atoms with E-state index in [2.05, 4.69) is 10.3 Å². The Morgan fingerprint density at radius 3 is 2.35 bits per heavy atom. The van der Waals surface area contributed by atoms with E-state index >= 15 is 0 Å². The van der Waals surface area contributed by atoms with Crippen LogP contribution >= 0.6 is 11.3 Å². The van der Waals surface area contributed by atoms with E-state index in [-0.39, 0.29) is 11.5 Å². The van der Waals surface area contributed by atoms with E-state index in [1.807, 2.05) is 0 Å². The summed E-state index contributed by atoms with van der Waals surface area (Å²) in [6.07, 6.45) is -4.44. The van der Waals surface area contributed by atoms with Crippen LogP contribution in [-0.4, -0.2) is 4.98 Å². The lowest BCUT2D eigenvalue weighted by atomic mass is 10.1. The fourth-order valence-electron chi connectivity index (χ4n) is 2.04. The number of rotatable bonds is 3. The van der Waals surface area contributed by atoms with E-state index in [9.17, 15) is 17.6 Å². The summed E-state index contributed by atoms with van der Waals surface area (Å²) >= 11 is 1.18. The molecule has 1 aromatic heterocycles. The third kappa shape index (κ3) is 3.50. The molecule has 3 aromatic rings. The molecule has 0 radical (unpaired) electrons. The fourth-order valence-corrected chi connectivity index (χ4v) is 2.77. The van der Waals surface area contributed by atoms with Crippen LogP contribution < -0.4 is 5.32 Å². The molecule has 118 valence electrons. The maximum Gasteiger partial charge on any atom is 0.418 e. The Labute approximate surface area is 133 Å². The molecule has 1 heterocycles. The third-order valence-corrected chi connectivity index (χ3v) is 3.88. The first-order valence-corrected chi connectivity index (χ1v) is 7.46. The summed E-state index contributed by atoms with van der Waals surface area (Å²) in [6.45, 7) is 0. The van der Waals surface area contributed by atoms with Crippen LogP contribution in [0.3, 0.4) is 0 Å². The Balaban J connectivity index is 1.87. The van der Waals surface area contributed by atoms with Gasteiger partial charge in [-0.25, -0.2) is 9.37 Å². The fraction of sp³-hybridized carbons (Fsp3) is 0.0625. The van der Waals surface area contributed by atoms with Crippen LogP contribution in [0.1, 0.15) is 5.56 Å². The Bertz CT molecular complexity index is 809. The second kappa shape index (κ2) is 6.00. The molecule has 0 bridgehead atoms. The van der Waals surface area contributed by atoms with Gasteiger partial charge in [0.1, 0.15) is 5.82 Å². The quantitative estimate of drug-likeness (QED) is 0.619. The first-order valence-electron chi connectivity index (χ1n) is 6.58. The monoisotopic (exact) mass is 338 g/mol. The number of para-hydroxylation sites is 1. The van der Waals surface area contributed by atoms with Crippen molar-refractivity contribution >= 4 is 22.2 Å². The highest BCUT2D eigenvalue weighted by Crippen LogP contribution is 2.36. The zero-order valence-electron chi connectivity index (χ0n) is 11.6. The molecule has 7 heteroatoms. The van der Waals surface area contributed by atoms with Gasteiger partial charge < -0.3 is 5.32 Å². The number of nitrogens with zero attached hydrogens (tertiary/aromatic N) is 1. The van der Waals surface area contributed by atoms with Gasteiger partial charge in [-0.3, -0.25) is 0 Å². The van der Waals surface area contributed by atoms with Crippen LogP contribution in [0.2, 0.25) is 0 Å². The molecule has 0 unspecified atom stereocenters. The molecule has 1 N–H and O–H groups in total. The lowest BCUT2D eigenvalue weighted by Gasteiger charge is -2.12. The normalized spacial score (nSPS) is 11.5. The molecule has 23 heavy (non-hydrogen) atoms. The molecule has 0 aliphatic heterocycles. The van der Waals surface area contributed by atoms with Crippen LogP contribution in [0.15, 0.2) is 53.9 Å². The first kappa shape index (κ1) is 15.5. The molecule has 0 spiro atoms. The van der Waals surface area contributed by atoms with E-state index in [0.717, 1.165) is 6.07 Å². The van der Waals surface area contributed by atoms with Gasteiger partial charge in [-0.1, -0.05) is 12.1 Å². The highest BCUT2D eigenvalue weighted by molar-refractivity contribution is 7.14. The number of aromatic nitrogens is 1. The number of alkyl halides is 3. The third-order valence-electron chi connectivity index (χ3n) is 3.12. The molecule has 0 saturated carbocycles. The molecule has 0 atom stereocenters. The number of anilines is 2. The maximum atomic E-state index is 13.0. The van der Waals surface area contributed by atoms with Crippen molar-refractivity contribution in [3.05, 3.63) is 65.3 Å². The predicted octanol–water partition coefficient (Wildman–Crippen LogP) is 5.71. The van der Waals surface area contributed by atoms with E-state index in [0.29, 0.717) is 16.4 Å². The predicted molar refractivity (Wildman–Crippen MR) is 82.2 cm³/mol. The van der Waals surface area contributed by atoms with E-state index in [1.165, 1.54) is 41.7 Å². The Morgan fingerprint density at radius 1 is 0.957 bits per heavy atom. The number of benzene rings is 2. The van der Waals surface area contributed by atoms with Crippen LogP contribution in [0.4, 0.5) is 28.4 Å². The van der Waals surface area contributed by atoms with Crippen molar-refractivity contribution in [3.63, 3.8) is 0 Å². The van der Waals surface area contributed by atoms with Gasteiger partial charge in [-0.2, -0.15) is 13.2 Å². The summed E-state index contributed by atoms with van der Waals surface area (Å²) in [6, 6.07) is 11.0. The first-order chi connectivity index (χ1) is 10.9. The maximum absolute atomic E-state index is 13.0. The minimum absolute atomic E-state index is 0.0555. The standard InChI is InChI=1S/C16H10F4N2S/c17-11-7-5-10(6-8-11)14-9-23-15(22-14)21-13-4-2-1-3-12(13)16(18,19)20/h1-9H,(H,21,22). The van der Waals surface area contributed by atoms with Crippen molar-refractivity contribution in [3.8, 4) is 11.3 Å². The average molecular weight is 338 g/mol. The molecule has 3 rings (SSSR count). The van der Waals surface area contributed by atoms with Gasteiger partial charge in [-0.15, -0.1) is 11.3 Å². The lowest BCUT2D eigenvalue weighted by Crippen LogP contribution is -2.08. The summed E-state index contributed by atoms with van der Waals surface area (Å²) in [5.41, 5.74) is 0.459. The van der Waals surface area contributed by atoms with Gasteiger partial charge in [-0.05, 0) is 36.4 Å². The van der Waals surface area contributed by atoms with E-state index in [1.54, 1.807) is 17.5 Å².